The van der Waals surface area contributed by atoms with E-state index in [1.165, 1.54) is 35.3 Å². The van der Waals surface area contributed by atoms with Gasteiger partial charge in [-0.15, -0.1) is 0 Å². The third-order valence-electron chi connectivity index (χ3n) is 4.23. The fraction of sp³-hybridized carbons (Fsp3) is 0.222. The number of rotatable bonds is 4. The molecule has 1 aliphatic carbocycles. The number of nitrogens with one attached hydrogen (secondary N) is 1. The van der Waals surface area contributed by atoms with Crippen LogP contribution in [0.5, 0.6) is 0 Å². The molecule has 0 unspecified atom stereocenters. The molecular formula is C18H13ClF3N5O. The summed E-state index contributed by atoms with van der Waals surface area (Å²) >= 11 is 5.77. The minimum Gasteiger partial charge on any atom is -0.321 e. The van der Waals surface area contributed by atoms with Crippen LogP contribution in [0.25, 0.3) is 5.82 Å². The minimum atomic E-state index is -4.52. The summed E-state index contributed by atoms with van der Waals surface area (Å²) in [6.07, 6.45) is -0.0958. The lowest BCUT2D eigenvalue weighted by Gasteiger charge is -2.08. The number of carbonyl (C=O) groups excluding carboxylic acids is 1. The highest BCUT2D eigenvalue weighted by Crippen LogP contribution is 2.42. The fourth-order valence-electron chi connectivity index (χ4n) is 2.72. The van der Waals surface area contributed by atoms with Crippen molar-refractivity contribution in [2.45, 2.75) is 24.9 Å². The van der Waals surface area contributed by atoms with Crippen LogP contribution in [0.4, 0.5) is 18.9 Å². The second kappa shape index (κ2) is 6.90. The number of carbonyl (C=O) groups is 1. The monoisotopic (exact) mass is 407 g/mol. The number of aromatic nitrogens is 4. The summed E-state index contributed by atoms with van der Waals surface area (Å²) in [5.74, 6) is -0.0976. The summed E-state index contributed by atoms with van der Waals surface area (Å²) in [5, 5.41) is 6.51. The normalized spacial score (nSPS) is 14.1. The Hall–Kier alpha value is -2.94. The van der Waals surface area contributed by atoms with Crippen LogP contribution in [0.2, 0.25) is 5.15 Å². The first-order chi connectivity index (χ1) is 13.3. The lowest BCUT2D eigenvalue weighted by Crippen LogP contribution is -2.13. The second-order valence-corrected chi connectivity index (χ2v) is 6.75. The summed E-state index contributed by atoms with van der Waals surface area (Å²) in [6, 6.07) is 7.06. The molecule has 1 N–H and O–H groups in total. The Balaban J connectivity index is 1.57. The maximum absolute atomic E-state index is 13.0. The number of amides is 1. The van der Waals surface area contributed by atoms with Gasteiger partial charge in [0.2, 0.25) is 0 Å². The van der Waals surface area contributed by atoms with E-state index in [1.54, 1.807) is 6.07 Å². The molecule has 0 aromatic carbocycles. The van der Waals surface area contributed by atoms with Crippen LogP contribution in [-0.2, 0) is 6.18 Å². The molecule has 1 saturated carbocycles. The predicted molar refractivity (Wildman–Crippen MR) is 95.5 cm³/mol. The quantitative estimate of drug-likeness (QED) is 0.648. The first-order valence-electron chi connectivity index (χ1n) is 8.38. The molecule has 0 bridgehead atoms. The highest BCUT2D eigenvalue weighted by atomic mass is 35.5. The summed E-state index contributed by atoms with van der Waals surface area (Å²) < 4.78 is 40.3. The molecule has 10 heteroatoms. The van der Waals surface area contributed by atoms with Gasteiger partial charge in [0.05, 0.1) is 11.9 Å². The Labute approximate surface area is 162 Å². The summed E-state index contributed by atoms with van der Waals surface area (Å²) in [5.41, 5.74) is 0.256. The van der Waals surface area contributed by atoms with Crippen molar-refractivity contribution in [3.63, 3.8) is 0 Å². The number of halogens is 4. The number of anilines is 1. The average molecular weight is 408 g/mol. The van der Waals surface area contributed by atoms with Crippen molar-refractivity contribution < 1.29 is 18.0 Å². The summed E-state index contributed by atoms with van der Waals surface area (Å²) in [4.78, 5) is 20.2. The van der Waals surface area contributed by atoms with Crippen LogP contribution in [-0.4, -0.2) is 25.7 Å². The number of nitrogens with zero attached hydrogens (tertiary/aromatic N) is 4. The van der Waals surface area contributed by atoms with Gasteiger partial charge in [-0.1, -0.05) is 11.6 Å². The van der Waals surface area contributed by atoms with Crippen LogP contribution in [0.3, 0.4) is 0 Å². The van der Waals surface area contributed by atoms with Crippen molar-refractivity contribution in [2.24, 2.45) is 0 Å². The molecule has 3 aromatic heterocycles. The van der Waals surface area contributed by atoms with Gasteiger partial charge in [-0.25, -0.2) is 14.6 Å². The Morgan fingerprint density at radius 3 is 2.57 bits per heavy atom. The first kappa shape index (κ1) is 18.4. The van der Waals surface area contributed by atoms with E-state index in [9.17, 15) is 18.0 Å². The molecule has 1 fully saturated rings. The zero-order chi connectivity index (χ0) is 19.9. The molecule has 0 atom stereocenters. The standard InChI is InChI=1S/C18H13ClF3N5O/c19-15-7-11(5-6-23-15)17(28)25-12-3-4-16(24-9-12)27-13(10-1-2-10)8-14(26-27)18(20,21)22/h3-10H,1-2H2,(H,25,28). The number of hydrogen-bond acceptors (Lipinski definition) is 4. The Bertz CT molecular complexity index is 1030. The molecule has 3 aromatic rings. The van der Waals surface area contributed by atoms with Crippen molar-refractivity contribution in [3.8, 4) is 5.82 Å². The van der Waals surface area contributed by atoms with E-state index in [1.807, 2.05) is 0 Å². The van der Waals surface area contributed by atoms with E-state index < -0.39 is 17.8 Å². The van der Waals surface area contributed by atoms with Crippen molar-refractivity contribution >= 4 is 23.2 Å². The predicted octanol–water partition coefficient (Wildman–Crippen LogP) is 4.46. The van der Waals surface area contributed by atoms with Crippen LogP contribution in [0.15, 0.2) is 42.7 Å². The van der Waals surface area contributed by atoms with Gasteiger partial charge in [-0.3, -0.25) is 4.79 Å². The molecule has 0 saturated heterocycles. The maximum atomic E-state index is 13.0. The van der Waals surface area contributed by atoms with Gasteiger partial charge in [0.15, 0.2) is 11.5 Å². The largest absolute Gasteiger partial charge is 0.435 e. The van der Waals surface area contributed by atoms with Gasteiger partial charge in [-0.2, -0.15) is 18.3 Å². The van der Waals surface area contributed by atoms with E-state index in [0.29, 0.717) is 16.9 Å². The average Bonchev–Trinajstić information content (AvgIpc) is 3.39. The molecular weight excluding hydrogens is 395 g/mol. The molecule has 3 heterocycles. The molecule has 144 valence electrons. The number of pyridine rings is 2. The molecule has 1 aliphatic rings. The van der Waals surface area contributed by atoms with Gasteiger partial charge < -0.3 is 5.32 Å². The molecule has 28 heavy (non-hydrogen) atoms. The van der Waals surface area contributed by atoms with Crippen molar-refractivity contribution in [3.05, 3.63) is 64.8 Å². The zero-order valence-corrected chi connectivity index (χ0v) is 15.0. The topological polar surface area (TPSA) is 72.7 Å². The molecule has 6 nitrogen and oxygen atoms in total. The molecule has 1 amide bonds. The van der Waals surface area contributed by atoms with Crippen LogP contribution < -0.4 is 5.32 Å². The van der Waals surface area contributed by atoms with Crippen molar-refractivity contribution in [1.29, 1.82) is 0 Å². The Morgan fingerprint density at radius 2 is 1.96 bits per heavy atom. The van der Waals surface area contributed by atoms with Gasteiger partial charge >= 0.3 is 6.18 Å². The lowest BCUT2D eigenvalue weighted by molar-refractivity contribution is -0.141. The van der Waals surface area contributed by atoms with Gasteiger partial charge in [-0.05, 0) is 43.2 Å². The van der Waals surface area contributed by atoms with E-state index >= 15 is 0 Å². The third-order valence-corrected chi connectivity index (χ3v) is 4.44. The van der Waals surface area contributed by atoms with Crippen molar-refractivity contribution in [1.82, 2.24) is 19.7 Å². The summed E-state index contributed by atoms with van der Waals surface area (Å²) in [6.45, 7) is 0. The van der Waals surface area contributed by atoms with E-state index in [-0.39, 0.29) is 16.9 Å². The van der Waals surface area contributed by atoms with Gasteiger partial charge in [0, 0.05) is 23.4 Å². The van der Waals surface area contributed by atoms with E-state index in [2.05, 4.69) is 20.4 Å². The first-order valence-corrected chi connectivity index (χ1v) is 8.75. The SMILES string of the molecule is O=C(Nc1ccc(-n2nc(C(F)(F)F)cc2C2CC2)nc1)c1ccnc(Cl)c1. The zero-order valence-electron chi connectivity index (χ0n) is 14.2. The molecule has 0 radical (unpaired) electrons. The van der Waals surface area contributed by atoms with Gasteiger partial charge in [0.1, 0.15) is 5.15 Å². The number of alkyl halides is 3. The highest BCUT2D eigenvalue weighted by molar-refractivity contribution is 6.29. The van der Waals surface area contributed by atoms with Crippen LogP contribution in [0, 0.1) is 0 Å². The van der Waals surface area contributed by atoms with Crippen molar-refractivity contribution in [2.75, 3.05) is 5.32 Å². The Kier molecular flexibility index (Phi) is 4.54. The minimum absolute atomic E-state index is 0.0567. The molecule has 0 aliphatic heterocycles. The second-order valence-electron chi connectivity index (χ2n) is 6.36. The fourth-order valence-corrected chi connectivity index (χ4v) is 2.89. The van der Waals surface area contributed by atoms with Crippen LogP contribution >= 0.6 is 11.6 Å². The molecule has 0 spiro atoms. The van der Waals surface area contributed by atoms with Gasteiger partial charge in [0.25, 0.3) is 5.91 Å². The van der Waals surface area contributed by atoms with Crippen LogP contribution in [0.1, 0.15) is 40.5 Å². The lowest BCUT2D eigenvalue weighted by atomic mass is 10.2. The molecule has 4 rings (SSSR count). The van der Waals surface area contributed by atoms with E-state index in [4.69, 9.17) is 11.6 Å². The maximum Gasteiger partial charge on any atom is 0.435 e. The third kappa shape index (κ3) is 3.84. The summed E-state index contributed by atoms with van der Waals surface area (Å²) in [7, 11) is 0. The van der Waals surface area contributed by atoms with E-state index in [0.717, 1.165) is 18.9 Å². The Morgan fingerprint density at radius 1 is 1.18 bits per heavy atom. The number of hydrogen-bond donors (Lipinski definition) is 1. The smallest absolute Gasteiger partial charge is 0.321 e. The highest BCUT2D eigenvalue weighted by Gasteiger charge is 2.38.